The molecule has 2 aromatic rings. The second-order valence-corrected chi connectivity index (χ2v) is 4.47. The van der Waals surface area contributed by atoms with Crippen molar-refractivity contribution in [1.29, 1.82) is 0 Å². The first-order chi connectivity index (χ1) is 8.66. The van der Waals surface area contributed by atoms with Crippen LogP contribution in [0.2, 0.25) is 0 Å². The highest BCUT2D eigenvalue weighted by molar-refractivity contribution is 6.04. The Labute approximate surface area is 119 Å². The maximum absolute atomic E-state index is 11.9. The molecule has 2 rings (SSSR count). The molecule has 0 saturated carbocycles. The number of carbonyl (C=O) groups is 1. The van der Waals surface area contributed by atoms with E-state index in [1.165, 1.54) is 5.56 Å². The van der Waals surface area contributed by atoms with Gasteiger partial charge in [0.05, 0.1) is 0 Å². The summed E-state index contributed by atoms with van der Waals surface area (Å²) in [6.45, 7) is 4.29. The first-order valence-electron chi connectivity index (χ1n) is 5.98. The molecule has 4 heteroatoms. The van der Waals surface area contributed by atoms with E-state index in [-0.39, 0.29) is 18.3 Å². The average molecular weight is 277 g/mol. The van der Waals surface area contributed by atoms with Crippen LogP contribution in [0.15, 0.2) is 48.8 Å². The minimum atomic E-state index is -0.116. The number of rotatable bonds is 3. The first-order valence-corrected chi connectivity index (χ1v) is 5.98. The molecule has 0 unspecified atom stereocenters. The average Bonchev–Trinajstić information content (AvgIpc) is 2.40. The van der Waals surface area contributed by atoms with Crippen molar-refractivity contribution in [3.05, 3.63) is 59.9 Å². The predicted molar refractivity (Wildman–Crippen MR) is 80.0 cm³/mol. The molecule has 0 aliphatic rings. The molecule has 1 N–H and O–H groups in total. The van der Waals surface area contributed by atoms with Crippen molar-refractivity contribution in [2.75, 3.05) is 5.32 Å². The molecule has 1 heterocycles. The second-order valence-electron chi connectivity index (χ2n) is 4.47. The lowest BCUT2D eigenvalue weighted by atomic mass is 10.0. The number of benzene rings is 1. The number of nitrogens with zero attached hydrogens (tertiary/aromatic N) is 1. The highest BCUT2D eigenvalue weighted by Gasteiger charge is 2.05. The fraction of sp³-hybridized carbons (Fsp3) is 0.200. The van der Waals surface area contributed by atoms with Crippen LogP contribution in [0, 0.1) is 0 Å². The van der Waals surface area contributed by atoms with E-state index in [0.717, 1.165) is 5.69 Å². The number of aromatic nitrogens is 1. The van der Waals surface area contributed by atoms with Crippen LogP contribution in [-0.4, -0.2) is 10.9 Å². The van der Waals surface area contributed by atoms with E-state index in [1.54, 1.807) is 24.5 Å². The van der Waals surface area contributed by atoms with Gasteiger partial charge in [0.15, 0.2) is 0 Å². The van der Waals surface area contributed by atoms with Gasteiger partial charge in [-0.1, -0.05) is 26.0 Å². The predicted octanol–water partition coefficient (Wildman–Crippen LogP) is 3.88. The Bertz CT molecular complexity index is 524. The Morgan fingerprint density at radius 1 is 1.05 bits per heavy atom. The Kier molecular flexibility index (Phi) is 5.52. The monoisotopic (exact) mass is 276 g/mol. The van der Waals surface area contributed by atoms with Gasteiger partial charge in [0.25, 0.3) is 5.91 Å². The van der Waals surface area contributed by atoms with Crippen LogP contribution < -0.4 is 5.32 Å². The number of anilines is 1. The van der Waals surface area contributed by atoms with Crippen LogP contribution in [0.1, 0.15) is 35.7 Å². The molecular formula is C15H17ClN2O. The SMILES string of the molecule is CC(C)c1ccc(NC(=O)c2ccncc2)cc1.Cl. The molecule has 1 aromatic heterocycles. The second kappa shape index (κ2) is 6.90. The van der Waals surface area contributed by atoms with Crippen LogP contribution in [0.5, 0.6) is 0 Å². The summed E-state index contributed by atoms with van der Waals surface area (Å²) in [5.41, 5.74) is 2.68. The Balaban J connectivity index is 0.00000180. The molecule has 1 aromatic carbocycles. The van der Waals surface area contributed by atoms with Crippen molar-refractivity contribution in [3.63, 3.8) is 0 Å². The maximum Gasteiger partial charge on any atom is 0.255 e. The number of amides is 1. The molecule has 19 heavy (non-hydrogen) atoms. The van der Waals surface area contributed by atoms with Gasteiger partial charge in [-0.2, -0.15) is 0 Å². The standard InChI is InChI=1S/C15H16N2O.ClH/c1-11(2)12-3-5-14(6-4-12)17-15(18)13-7-9-16-10-8-13;/h3-11H,1-2H3,(H,17,18);1H. The van der Waals surface area contributed by atoms with E-state index >= 15 is 0 Å². The zero-order valence-corrected chi connectivity index (χ0v) is 11.8. The van der Waals surface area contributed by atoms with Gasteiger partial charge < -0.3 is 5.32 Å². The third kappa shape index (κ3) is 4.07. The molecule has 0 radical (unpaired) electrons. The molecule has 0 atom stereocenters. The van der Waals surface area contributed by atoms with Crippen LogP contribution in [0.3, 0.4) is 0 Å². The molecule has 0 aliphatic heterocycles. The Morgan fingerprint density at radius 2 is 1.63 bits per heavy atom. The fourth-order valence-corrected chi connectivity index (χ4v) is 1.66. The summed E-state index contributed by atoms with van der Waals surface area (Å²) in [7, 11) is 0. The molecule has 3 nitrogen and oxygen atoms in total. The topological polar surface area (TPSA) is 42.0 Å². The lowest BCUT2D eigenvalue weighted by Crippen LogP contribution is -2.11. The van der Waals surface area contributed by atoms with Gasteiger partial charge in [-0.3, -0.25) is 9.78 Å². The number of nitrogens with one attached hydrogen (secondary N) is 1. The van der Waals surface area contributed by atoms with Crippen molar-refractivity contribution in [2.45, 2.75) is 19.8 Å². The van der Waals surface area contributed by atoms with Crippen LogP contribution in [-0.2, 0) is 0 Å². The number of hydrogen-bond donors (Lipinski definition) is 1. The molecule has 100 valence electrons. The summed E-state index contributed by atoms with van der Waals surface area (Å²) >= 11 is 0. The van der Waals surface area contributed by atoms with Gasteiger partial charge in [-0.05, 0) is 35.7 Å². The maximum atomic E-state index is 11.9. The van der Waals surface area contributed by atoms with Gasteiger partial charge in [0.2, 0.25) is 0 Å². The quantitative estimate of drug-likeness (QED) is 0.924. The first kappa shape index (κ1) is 15.2. The van der Waals surface area contributed by atoms with Gasteiger partial charge in [-0.25, -0.2) is 0 Å². The molecule has 0 spiro atoms. The molecular weight excluding hydrogens is 260 g/mol. The summed E-state index contributed by atoms with van der Waals surface area (Å²) in [4.78, 5) is 15.8. The lowest BCUT2D eigenvalue weighted by Gasteiger charge is -2.08. The third-order valence-corrected chi connectivity index (χ3v) is 2.78. The van der Waals surface area contributed by atoms with Crippen molar-refractivity contribution >= 4 is 24.0 Å². The summed E-state index contributed by atoms with van der Waals surface area (Å²) < 4.78 is 0. The normalized spacial score (nSPS) is 9.84. The summed E-state index contributed by atoms with van der Waals surface area (Å²) in [6.07, 6.45) is 3.22. The smallest absolute Gasteiger partial charge is 0.255 e. The van der Waals surface area contributed by atoms with Crippen molar-refractivity contribution in [1.82, 2.24) is 4.98 Å². The number of halogens is 1. The minimum Gasteiger partial charge on any atom is -0.322 e. The minimum absolute atomic E-state index is 0. The molecule has 0 bridgehead atoms. The summed E-state index contributed by atoms with van der Waals surface area (Å²) in [5.74, 6) is 0.379. The van der Waals surface area contributed by atoms with Crippen LogP contribution in [0.4, 0.5) is 5.69 Å². The fourth-order valence-electron chi connectivity index (χ4n) is 1.66. The van der Waals surface area contributed by atoms with Crippen molar-refractivity contribution in [3.8, 4) is 0 Å². The Morgan fingerprint density at radius 3 is 2.16 bits per heavy atom. The highest BCUT2D eigenvalue weighted by atomic mass is 35.5. The zero-order valence-electron chi connectivity index (χ0n) is 11.0. The molecule has 0 aliphatic carbocycles. The zero-order chi connectivity index (χ0) is 13.0. The molecule has 0 saturated heterocycles. The summed E-state index contributed by atoms with van der Waals surface area (Å²) in [6, 6.07) is 11.3. The largest absolute Gasteiger partial charge is 0.322 e. The van der Waals surface area contributed by atoms with E-state index in [1.807, 2.05) is 24.3 Å². The van der Waals surface area contributed by atoms with Crippen molar-refractivity contribution in [2.24, 2.45) is 0 Å². The van der Waals surface area contributed by atoms with Crippen LogP contribution in [0.25, 0.3) is 0 Å². The van der Waals surface area contributed by atoms with E-state index in [2.05, 4.69) is 24.1 Å². The van der Waals surface area contributed by atoms with Crippen LogP contribution >= 0.6 is 12.4 Å². The molecule has 1 amide bonds. The van der Waals surface area contributed by atoms with Gasteiger partial charge in [0.1, 0.15) is 0 Å². The van der Waals surface area contributed by atoms with Gasteiger partial charge in [0, 0.05) is 23.6 Å². The number of hydrogen-bond acceptors (Lipinski definition) is 2. The van der Waals surface area contributed by atoms with Gasteiger partial charge in [-0.15, -0.1) is 12.4 Å². The Hall–Kier alpha value is -1.87. The van der Waals surface area contributed by atoms with E-state index in [4.69, 9.17) is 0 Å². The third-order valence-electron chi connectivity index (χ3n) is 2.78. The van der Waals surface area contributed by atoms with E-state index < -0.39 is 0 Å². The highest BCUT2D eigenvalue weighted by Crippen LogP contribution is 2.17. The lowest BCUT2D eigenvalue weighted by molar-refractivity contribution is 0.102. The van der Waals surface area contributed by atoms with Gasteiger partial charge >= 0.3 is 0 Å². The van der Waals surface area contributed by atoms with Crippen molar-refractivity contribution < 1.29 is 4.79 Å². The number of carbonyl (C=O) groups excluding carboxylic acids is 1. The molecule has 0 fully saturated rings. The number of pyridine rings is 1. The summed E-state index contributed by atoms with van der Waals surface area (Å²) in [5, 5.41) is 2.86. The van der Waals surface area contributed by atoms with E-state index in [9.17, 15) is 4.79 Å². The van der Waals surface area contributed by atoms with E-state index in [0.29, 0.717) is 11.5 Å².